The fourth-order valence-corrected chi connectivity index (χ4v) is 1.24. The minimum atomic E-state index is 0.173. The summed E-state index contributed by atoms with van der Waals surface area (Å²) in [6.07, 6.45) is 0. The molecule has 0 bridgehead atoms. The number of nitrogens with zero attached hydrogens (tertiary/aromatic N) is 3. The molecule has 0 aromatic carbocycles. The average molecular weight is 222 g/mol. The topological polar surface area (TPSA) is 95.8 Å². The molecule has 0 saturated heterocycles. The quantitative estimate of drug-likeness (QED) is 0.486. The smallest absolute Gasteiger partial charge is 0.218 e. The second kappa shape index (κ2) is 5.20. The highest BCUT2D eigenvalue weighted by Crippen LogP contribution is 2.03. The van der Waals surface area contributed by atoms with E-state index in [9.17, 15) is 0 Å². The number of nitrogens with two attached hydrogens (primary N) is 2. The summed E-state index contributed by atoms with van der Waals surface area (Å²) in [6.45, 7) is 2.66. The summed E-state index contributed by atoms with van der Waals surface area (Å²) in [5, 5.41) is 0. The van der Waals surface area contributed by atoms with Crippen LogP contribution >= 0.6 is 0 Å². The van der Waals surface area contributed by atoms with E-state index in [1.165, 1.54) is 0 Å². The first-order valence-corrected chi connectivity index (χ1v) is 4.95. The first-order chi connectivity index (χ1) is 7.52. The molecule has 16 heavy (non-hydrogen) atoms. The van der Waals surface area contributed by atoms with Crippen molar-refractivity contribution in [3.8, 4) is 0 Å². The number of aromatic amines is 1. The molecule has 1 rings (SSSR count). The molecule has 1 aromatic heterocycles. The van der Waals surface area contributed by atoms with Crippen molar-refractivity contribution in [2.45, 2.75) is 13.5 Å². The van der Waals surface area contributed by atoms with Crippen LogP contribution < -0.4 is 11.5 Å². The summed E-state index contributed by atoms with van der Waals surface area (Å²) in [4.78, 5) is 12.7. The molecule has 88 valence electrons. The van der Waals surface area contributed by atoms with Gasteiger partial charge in [-0.1, -0.05) is 0 Å². The molecule has 0 aliphatic carbocycles. The Kier molecular flexibility index (Phi) is 3.93. The van der Waals surface area contributed by atoms with E-state index < -0.39 is 0 Å². The molecule has 0 atom stereocenters. The lowest BCUT2D eigenvalue weighted by atomic mass is 10.4. The molecule has 0 amide bonds. The van der Waals surface area contributed by atoms with Gasteiger partial charge in [-0.05, 0) is 19.1 Å². The van der Waals surface area contributed by atoms with Crippen LogP contribution in [0.4, 0.5) is 0 Å². The van der Waals surface area contributed by atoms with Gasteiger partial charge in [0.1, 0.15) is 0 Å². The zero-order chi connectivity index (χ0) is 12.1. The van der Waals surface area contributed by atoms with Gasteiger partial charge in [0.2, 0.25) is 5.96 Å². The van der Waals surface area contributed by atoms with Crippen LogP contribution in [0.5, 0.6) is 0 Å². The third-order valence-electron chi connectivity index (χ3n) is 2.15. The predicted molar refractivity (Wildman–Crippen MR) is 66.2 cm³/mol. The van der Waals surface area contributed by atoms with Gasteiger partial charge >= 0.3 is 0 Å². The van der Waals surface area contributed by atoms with Crippen molar-refractivity contribution in [2.75, 3.05) is 14.1 Å². The largest absolute Gasteiger partial charge is 0.369 e. The van der Waals surface area contributed by atoms with Crippen molar-refractivity contribution in [2.24, 2.45) is 21.5 Å². The Morgan fingerprint density at radius 2 is 2.12 bits per heavy atom. The number of aryl methyl sites for hydroxylation is 1. The number of nitrogens with one attached hydrogen (secondary N) is 1. The molecule has 0 unspecified atom stereocenters. The normalized spacial score (nSPS) is 12.9. The second-order valence-electron chi connectivity index (χ2n) is 3.57. The van der Waals surface area contributed by atoms with Crippen LogP contribution in [0.25, 0.3) is 0 Å². The van der Waals surface area contributed by atoms with Gasteiger partial charge in [0.25, 0.3) is 0 Å². The molecule has 1 aromatic rings. The zero-order valence-electron chi connectivity index (χ0n) is 9.86. The highest BCUT2D eigenvalue weighted by molar-refractivity contribution is 5.93. The van der Waals surface area contributed by atoms with Crippen molar-refractivity contribution in [3.63, 3.8) is 0 Å². The number of rotatable bonds is 2. The van der Waals surface area contributed by atoms with Gasteiger partial charge in [-0.2, -0.15) is 4.99 Å². The van der Waals surface area contributed by atoms with Crippen LogP contribution in [0.1, 0.15) is 11.4 Å². The second-order valence-corrected chi connectivity index (χ2v) is 3.57. The Morgan fingerprint density at radius 1 is 1.44 bits per heavy atom. The van der Waals surface area contributed by atoms with Gasteiger partial charge in [-0.3, -0.25) is 4.99 Å². The lowest BCUT2D eigenvalue weighted by Crippen LogP contribution is -2.35. The summed E-state index contributed by atoms with van der Waals surface area (Å²) >= 11 is 0. The summed E-state index contributed by atoms with van der Waals surface area (Å²) < 4.78 is 0. The first-order valence-electron chi connectivity index (χ1n) is 4.95. The van der Waals surface area contributed by atoms with Gasteiger partial charge in [-0.25, -0.2) is 0 Å². The number of aromatic nitrogens is 1. The van der Waals surface area contributed by atoms with Gasteiger partial charge in [0, 0.05) is 25.5 Å². The fraction of sp³-hybridized carbons (Fsp3) is 0.400. The van der Waals surface area contributed by atoms with E-state index in [2.05, 4.69) is 15.0 Å². The van der Waals surface area contributed by atoms with Crippen LogP contribution in [0.2, 0.25) is 0 Å². The van der Waals surface area contributed by atoms with E-state index in [0.717, 1.165) is 11.4 Å². The number of H-pyrrole nitrogens is 1. The predicted octanol–water partition coefficient (Wildman–Crippen LogP) is 0.0141. The van der Waals surface area contributed by atoms with E-state index >= 15 is 0 Å². The Bertz CT molecular complexity index is 403. The molecule has 1 heterocycles. The number of guanidine groups is 2. The highest BCUT2D eigenvalue weighted by atomic mass is 15.3. The highest BCUT2D eigenvalue weighted by Gasteiger charge is 2.04. The lowest BCUT2D eigenvalue weighted by Gasteiger charge is -2.16. The van der Waals surface area contributed by atoms with Crippen LogP contribution in [-0.4, -0.2) is 35.9 Å². The van der Waals surface area contributed by atoms with E-state index in [1.54, 1.807) is 11.9 Å². The molecule has 0 fully saturated rings. The first kappa shape index (κ1) is 12.1. The fourth-order valence-electron chi connectivity index (χ4n) is 1.24. The van der Waals surface area contributed by atoms with Crippen LogP contribution in [0.3, 0.4) is 0 Å². The van der Waals surface area contributed by atoms with Gasteiger partial charge in [0.05, 0.1) is 6.54 Å². The van der Waals surface area contributed by atoms with Crippen molar-refractivity contribution in [1.82, 2.24) is 9.88 Å². The summed E-state index contributed by atoms with van der Waals surface area (Å²) in [7, 11) is 3.42. The van der Waals surface area contributed by atoms with Crippen molar-refractivity contribution < 1.29 is 0 Å². The van der Waals surface area contributed by atoms with Crippen molar-refractivity contribution in [1.29, 1.82) is 0 Å². The minimum absolute atomic E-state index is 0.173. The number of hydrogen-bond acceptors (Lipinski definition) is 1. The summed E-state index contributed by atoms with van der Waals surface area (Å²) in [6, 6.07) is 4.02. The Hall–Kier alpha value is -1.98. The molecule has 0 aliphatic heterocycles. The summed E-state index contributed by atoms with van der Waals surface area (Å²) in [5.41, 5.74) is 13.4. The third-order valence-corrected chi connectivity index (χ3v) is 2.15. The SMILES string of the molecule is CN=C(N)/N=C(\N)N(C)Cc1ccc(C)[nH]1. The molecular formula is C10H18N6. The molecule has 6 heteroatoms. The van der Waals surface area contributed by atoms with E-state index in [4.69, 9.17) is 11.5 Å². The lowest BCUT2D eigenvalue weighted by molar-refractivity contribution is 0.488. The maximum Gasteiger partial charge on any atom is 0.218 e. The summed E-state index contributed by atoms with van der Waals surface area (Å²) in [5.74, 6) is 0.516. The molecule has 5 N–H and O–H groups in total. The maximum atomic E-state index is 5.75. The van der Waals surface area contributed by atoms with Crippen LogP contribution in [0.15, 0.2) is 22.1 Å². The Balaban J connectivity index is 2.65. The van der Waals surface area contributed by atoms with Gasteiger partial charge < -0.3 is 21.4 Å². The average Bonchev–Trinajstić information content (AvgIpc) is 2.63. The van der Waals surface area contributed by atoms with E-state index in [0.29, 0.717) is 12.5 Å². The Labute approximate surface area is 95.1 Å². The molecule has 0 aliphatic rings. The molecule has 0 spiro atoms. The minimum Gasteiger partial charge on any atom is -0.369 e. The molecule has 0 saturated carbocycles. The standard InChI is InChI=1S/C10H18N6/c1-7-4-5-8(14-7)6-16(3)10(12)15-9(11)13-2/h4-5,14H,6H2,1-3H3,(H4,11,12,13,15). The van der Waals surface area contributed by atoms with Crippen molar-refractivity contribution in [3.05, 3.63) is 23.5 Å². The number of hydrogen-bond donors (Lipinski definition) is 3. The van der Waals surface area contributed by atoms with Crippen LogP contribution in [0, 0.1) is 6.92 Å². The molecule has 0 radical (unpaired) electrons. The third kappa shape index (κ3) is 3.30. The maximum absolute atomic E-state index is 5.75. The molecule has 6 nitrogen and oxygen atoms in total. The van der Waals surface area contributed by atoms with E-state index in [1.807, 2.05) is 26.1 Å². The van der Waals surface area contributed by atoms with Crippen LogP contribution in [-0.2, 0) is 6.54 Å². The Morgan fingerprint density at radius 3 is 2.62 bits per heavy atom. The van der Waals surface area contributed by atoms with Crippen molar-refractivity contribution >= 4 is 11.9 Å². The van der Waals surface area contributed by atoms with E-state index in [-0.39, 0.29) is 5.96 Å². The zero-order valence-corrected chi connectivity index (χ0v) is 9.86. The number of aliphatic imine (C=N–C) groups is 2. The van der Waals surface area contributed by atoms with Gasteiger partial charge in [0.15, 0.2) is 5.96 Å². The van der Waals surface area contributed by atoms with Gasteiger partial charge in [-0.15, -0.1) is 0 Å². The monoisotopic (exact) mass is 222 g/mol. The molecular weight excluding hydrogens is 204 g/mol.